The van der Waals surface area contributed by atoms with Crippen LogP contribution in [0.25, 0.3) is 0 Å². The first-order valence-electron chi connectivity index (χ1n) is 4.93. The van der Waals surface area contributed by atoms with Crippen LogP contribution in [0.4, 0.5) is 4.39 Å². The van der Waals surface area contributed by atoms with Crippen molar-refractivity contribution in [3.05, 3.63) is 29.8 Å². The summed E-state index contributed by atoms with van der Waals surface area (Å²) in [5.74, 6) is 0.692. The van der Waals surface area contributed by atoms with Gasteiger partial charge in [-0.25, -0.2) is 0 Å². The molecule has 3 nitrogen and oxygen atoms in total. The zero-order valence-electron chi connectivity index (χ0n) is 8.53. The second-order valence-electron chi connectivity index (χ2n) is 3.25. The molecule has 0 bridgehead atoms. The molecule has 0 fully saturated rings. The number of aliphatic hydroxyl groups is 1. The van der Waals surface area contributed by atoms with Crippen molar-refractivity contribution in [3.8, 4) is 5.75 Å². The molecule has 1 atom stereocenters. The molecular formula is C11H16FNO2. The summed E-state index contributed by atoms with van der Waals surface area (Å²) in [7, 11) is 0. The number of halogens is 1. The molecule has 1 aromatic rings. The van der Waals surface area contributed by atoms with Gasteiger partial charge in [-0.05, 0) is 17.7 Å². The summed E-state index contributed by atoms with van der Waals surface area (Å²) < 4.78 is 17.1. The lowest BCUT2D eigenvalue weighted by Crippen LogP contribution is -2.14. The van der Waals surface area contributed by atoms with Crippen molar-refractivity contribution in [3.63, 3.8) is 0 Å². The van der Waals surface area contributed by atoms with Crippen molar-refractivity contribution in [2.24, 2.45) is 5.73 Å². The van der Waals surface area contributed by atoms with Crippen LogP contribution in [0.5, 0.6) is 5.75 Å². The van der Waals surface area contributed by atoms with E-state index in [4.69, 9.17) is 15.6 Å². The summed E-state index contributed by atoms with van der Waals surface area (Å²) in [6.45, 7) is -0.0720. The minimum absolute atomic E-state index is 0.0813. The van der Waals surface area contributed by atoms with Crippen molar-refractivity contribution in [2.45, 2.75) is 12.5 Å². The van der Waals surface area contributed by atoms with E-state index >= 15 is 0 Å². The van der Waals surface area contributed by atoms with Crippen molar-refractivity contribution in [2.75, 3.05) is 19.9 Å². The van der Waals surface area contributed by atoms with Crippen molar-refractivity contribution < 1.29 is 14.2 Å². The largest absolute Gasteiger partial charge is 0.494 e. The van der Waals surface area contributed by atoms with E-state index in [1.165, 1.54) is 0 Å². The summed E-state index contributed by atoms with van der Waals surface area (Å²) in [5, 5.41) is 8.83. The molecule has 15 heavy (non-hydrogen) atoms. The maximum atomic E-state index is 11.8. The molecule has 0 unspecified atom stereocenters. The van der Waals surface area contributed by atoms with Gasteiger partial charge in [0.05, 0.1) is 25.9 Å². The van der Waals surface area contributed by atoms with Gasteiger partial charge in [0.2, 0.25) is 0 Å². The SMILES string of the molecule is N[C@@H](CO)c1ccc(OCCCF)cc1. The highest BCUT2D eigenvalue weighted by molar-refractivity contribution is 5.29. The number of hydrogen-bond acceptors (Lipinski definition) is 3. The van der Waals surface area contributed by atoms with Gasteiger partial charge in [0.15, 0.2) is 0 Å². The standard InChI is InChI=1S/C11H16FNO2/c12-6-1-7-15-10-4-2-9(3-5-10)11(13)8-14/h2-5,11,14H,1,6-8,13H2/t11-/m0/s1. The van der Waals surface area contributed by atoms with Crippen molar-refractivity contribution >= 4 is 0 Å². The van der Waals surface area contributed by atoms with E-state index in [2.05, 4.69) is 0 Å². The lowest BCUT2D eigenvalue weighted by molar-refractivity contribution is 0.267. The predicted molar refractivity (Wildman–Crippen MR) is 56.5 cm³/mol. The Morgan fingerprint density at radius 3 is 2.53 bits per heavy atom. The number of aliphatic hydroxyl groups excluding tert-OH is 1. The molecule has 0 spiro atoms. The minimum atomic E-state index is -0.368. The second kappa shape index (κ2) is 6.37. The van der Waals surface area contributed by atoms with Gasteiger partial charge in [-0.3, -0.25) is 4.39 Å². The number of nitrogens with two attached hydrogens (primary N) is 1. The molecule has 0 saturated heterocycles. The number of rotatable bonds is 6. The van der Waals surface area contributed by atoms with Crippen molar-refractivity contribution in [1.29, 1.82) is 0 Å². The van der Waals surface area contributed by atoms with Crippen LogP contribution < -0.4 is 10.5 Å². The highest BCUT2D eigenvalue weighted by Crippen LogP contribution is 2.16. The Labute approximate surface area is 88.7 Å². The van der Waals surface area contributed by atoms with Crippen LogP contribution in [-0.2, 0) is 0 Å². The fraction of sp³-hybridized carbons (Fsp3) is 0.455. The molecular weight excluding hydrogens is 197 g/mol. The fourth-order valence-corrected chi connectivity index (χ4v) is 1.16. The first-order valence-corrected chi connectivity index (χ1v) is 4.93. The van der Waals surface area contributed by atoms with Crippen LogP contribution in [0.15, 0.2) is 24.3 Å². The topological polar surface area (TPSA) is 55.5 Å². The highest BCUT2D eigenvalue weighted by Gasteiger charge is 2.03. The Morgan fingerprint density at radius 1 is 1.33 bits per heavy atom. The quantitative estimate of drug-likeness (QED) is 0.703. The molecule has 0 aliphatic heterocycles. The summed E-state index contributed by atoms with van der Waals surface area (Å²) in [5.41, 5.74) is 6.48. The monoisotopic (exact) mass is 213 g/mol. The molecule has 0 aliphatic carbocycles. The van der Waals surface area contributed by atoms with E-state index in [1.54, 1.807) is 24.3 Å². The van der Waals surface area contributed by atoms with E-state index < -0.39 is 0 Å². The van der Waals surface area contributed by atoms with Gasteiger partial charge in [0, 0.05) is 6.42 Å². The van der Waals surface area contributed by atoms with Crippen LogP contribution in [0.2, 0.25) is 0 Å². The third-order valence-corrected chi connectivity index (χ3v) is 2.05. The molecule has 0 aromatic heterocycles. The molecule has 3 N–H and O–H groups in total. The number of ether oxygens (including phenoxy) is 1. The van der Waals surface area contributed by atoms with Crippen LogP contribution in [-0.4, -0.2) is 25.0 Å². The number of alkyl halides is 1. The van der Waals surface area contributed by atoms with Gasteiger partial charge in [0.1, 0.15) is 5.75 Å². The van der Waals surface area contributed by atoms with Crippen LogP contribution in [0.3, 0.4) is 0 Å². The molecule has 1 aromatic carbocycles. The van der Waals surface area contributed by atoms with E-state index in [9.17, 15) is 4.39 Å². The lowest BCUT2D eigenvalue weighted by atomic mass is 10.1. The van der Waals surface area contributed by atoms with E-state index in [0.29, 0.717) is 18.8 Å². The Kier molecular flexibility index (Phi) is 5.07. The summed E-state index contributed by atoms with van der Waals surface area (Å²) in [4.78, 5) is 0. The second-order valence-corrected chi connectivity index (χ2v) is 3.25. The molecule has 0 radical (unpaired) electrons. The van der Waals surface area contributed by atoms with Crippen LogP contribution in [0.1, 0.15) is 18.0 Å². The summed E-state index contributed by atoms with van der Waals surface area (Å²) in [6.07, 6.45) is 0.401. The molecule has 1 rings (SSSR count). The first-order chi connectivity index (χ1) is 7.27. The van der Waals surface area contributed by atoms with Gasteiger partial charge >= 0.3 is 0 Å². The third kappa shape index (κ3) is 3.85. The molecule has 0 heterocycles. The normalized spacial score (nSPS) is 12.5. The smallest absolute Gasteiger partial charge is 0.119 e. The molecule has 0 aliphatic rings. The minimum Gasteiger partial charge on any atom is -0.494 e. The van der Waals surface area contributed by atoms with Crippen LogP contribution >= 0.6 is 0 Å². The maximum absolute atomic E-state index is 11.8. The highest BCUT2D eigenvalue weighted by atomic mass is 19.1. The average Bonchev–Trinajstić information content (AvgIpc) is 2.29. The summed E-state index contributed by atoms with van der Waals surface area (Å²) in [6, 6.07) is 6.77. The van der Waals surface area contributed by atoms with Crippen molar-refractivity contribution in [1.82, 2.24) is 0 Å². The third-order valence-electron chi connectivity index (χ3n) is 2.05. The molecule has 0 saturated carbocycles. The average molecular weight is 213 g/mol. The number of hydrogen-bond donors (Lipinski definition) is 2. The van der Waals surface area contributed by atoms with Gasteiger partial charge < -0.3 is 15.6 Å². The van der Waals surface area contributed by atoms with Crippen LogP contribution in [0, 0.1) is 0 Å². The fourth-order valence-electron chi connectivity index (χ4n) is 1.16. The lowest BCUT2D eigenvalue weighted by Gasteiger charge is -2.09. The van der Waals surface area contributed by atoms with Gasteiger partial charge in [-0.15, -0.1) is 0 Å². The first kappa shape index (κ1) is 11.9. The maximum Gasteiger partial charge on any atom is 0.119 e. The molecule has 4 heteroatoms. The van der Waals surface area contributed by atoms with E-state index in [-0.39, 0.29) is 19.3 Å². The summed E-state index contributed by atoms with van der Waals surface area (Å²) >= 11 is 0. The van der Waals surface area contributed by atoms with Gasteiger partial charge in [0.25, 0.3) is 0 Å². The Hall–Kier alpha value is -1.13. The van der Waals surface area contributed by atoms with Gasteiger partial charge in [-0.1, -0.05) is 12.1 Å². The number of benzene rings is 1. The zero-order valence-corrected chi connectivity index (χ0v) is 8.53. The predicted octanol–water partition coefficient (Wildman–Crippen LogP) is 1.42. The van der Waals surface area contributed by atoms with E-state index in [1.807, 2.05) is 0 Å². The molecule has 84 valence electrons. The van der Waals surface area contributed by atoms with Gasteiger partial charge in [-0.2, -0.15) is 0 Å². The molecule has 0 amide bonds. The Bertz CT molecular complexity index is 276. The Morgan fingerprint density at radius 2 is 2.00 bits per heavy atom. The Balaban J connectivity index is 2.49. The van der Waals surface area contributed by atoms with E-state index in [0.717, 1.165) is 5.56 Å². The zero-order chi connectivity index (χ0) is 11.1.